The van der Waals surface area contributed by atoms with Crippen molar-refractivity contribution in [2.45, 2.75) is 50.7 Å². The first-order valence-electron chi connectivity index (χ1n) is 7.92. The predicted octanol–water partition coefficient (Wildman–Crippen LogP) is 2.52. The number of fused-ring (bicyclic) bond motifs is 1. The van der Waals surface area contributed by atoms with Crippen LogP contribution < -0.4 is 10.6 Å². The van der Waals surface area contributed by atoms with Crippen LogP contribution in [0.25, 0.3) is 0 Å². The number of amides is 2. The Morgan fingerprint density at radius 3 is 2.86 bits per heavy atom. The smallest absolute Gasteiger partial charge is 0.315 e. The minimum Gasteiger partial charge on any atom is -0.388 e. The molecule has 1 saturated carbocycles. The van der Waals surface area contributed by atoms with E-state index in [1.54, 1.807) is 0 Å². The summed E-state index contributed by atoms with van der Waals surface area (Å²) in [4.78, 5) is 12.1. The van der Waals surface area contributed by atoms with Crippen molar-refractivity contribution < 1.29 is 9.90 Å². The number of benzene rings is 1. The zero-order valence-corrected chi connectivity index (χ0v) is 12.6. The Morgan fingerprint density at radius 2 is 2.14 bits per heavy atom. The van der Waals surface area contributed by atoms with E-state index >= 15 is 0 Å². The number of hydrogen-bond acceptors (Lipinski definition) is 2. The molecule has 0 spiro atoms. The first kappa shape index (κ1) is 14.4. The molecule has 3 rings (SSSR count). The first-order chi connectivity index (χ1) is 10.1. The molecule has 3 N–H and O–H groups in total. The number of carbonyl (C=O) groups is 1. The molecule has 2 amide bonds. The van der Waals surface area contributed by atoms with Gasteiger partial charge < -0.3 is 15.7 Å². The molecule has 0 saturated heterocycles. The van der Waals surface area contributed by atoms with Crippen LogP contribution >= 0.6 is 0 Å². The summed E-state index contributed by atoms with van der Waals surface area (Å²) in [7, 11) is 0. The maximum atomic E-state index is 12.1. The quantitative estimate of drug-likeness (QED) is 0.800. The number of aliphatic hydroxyl groups is 1. The third-order valence-corrected chi connectivity index (χ3v) is 4.98. The minimum atomic E-state index is -0.673. The van der Waals surface area contributed by atoms with Crippen LogP contribution in [0.1, 0.15) is 49.8 Å². The second kappa shape index (κ2) is 5.68. The van der Waals surface area contributed by atoms with E-state index in [0.717, 1.165) is 32.1 Å². The molecule has 0 aromatic heterocycles. The second-order valence-corrected chi connectivity index (χ2v) is 6.60. The van der Waals surface area contributed by atoms with Crippen molar-refractivity contribution in [3.63, 3.8) is 0 Å². The Balaban J connectivity index is 1.62. The van der Waals surface area contributed by atoms with Crippen molar-refractivity contribution in [3.8, 4) is 0 Å². The number of aryl methyl sites for hydroxylation is 1. The maximum absolute atomic E-state index is 12.1. The molecule has 2 aliphatic carbocycles. The predicted molar refractivity (Wildman–Crippen MR) is 82.0 cm³/mol. The highest BCUT2D eigenvalue weighted by atomic mass is 16.3. The normalized spacial score (nSPS) is 26.4. The number of nitrogens with one attached hydrogen (secondary N) is 2. The number of rotatable bonds is 3. The zero-order valence-electron chi connectivity index (χ0n) is 12.6. The largest absolute Gasteiger partial charge is 0.388 e. The van der Waals surface area contributed by atoms with Gasteiger partial charge in [0.25, 0.3) is 0 Å². The fraction of sp³-hybridized carbons (Fsp3) is 0.588. The third kappa shape index (κ3) is 3.05. The van der Waals surface area contributed by atoms with Crippen LogP contribution in [0.3, 0.4) is 0 Å². The number of hydrogen-bond donors (Lipinski definition) is 3. The van der Waals surface area contributed by atoms with E-state index in [-0.39, 0.29) is 12.1 Å². The molecule has 2 atom stereocenters. The monoisotopic (exact) mass is 288 g/mol. The highest BCUT2D eigenvalue weighted by Gasteiger charge is 2.35. The average Bonchev–Trinajstić information content (AvgIpc) is 2.46. The second-order valence-electron chi connectivity index (χ2n) is 6.60. The molecule has 21 heavy (non-hydrogen) atoms. The van der Waals surface area contributed by atoms with E-state index in [1.165, 1.54) is 11.1 Å². The van der Waals surface area contributed by atoms with Crippen LogP contribution in [-0.4, -0.2) is 23.3 Å². The zero-order chi connectivity index (χ0) is 14.9. The van der Waals surface area contributed by atoms with E-state index in [4.69, 9.17) is 0 Å². The number of urea groups is 1. The fourth-order valence-electron chi connectivity index (χ4n) is 3.34. The molecule has 2 aliphatic rings. The molecule has 4 nitrogen and oxygen atoms in total. The van der Waals surface area contributed by atoms with Crippen LogP contribution in [0.5, 0.6) is 0 Å². The van der Waals surface area contributed by atoms with Gasteiger partial charge in [-0.15, -0.1) is 0 Å². The van der Waals surface area contributed by atoms with E-state index in [9.17, 15) is 9.90 Å². The van der Waals surface area contributed by atoms with Crippen molar-refractivity contribution in [3.05, 3.63) is 35.4 Å². The van der Waals surface area contributed by atoms with E-state index < -0.39 is 5.60 Å². The molecule has 0 bridgehead atoms. The summed E-state index contributed by atoms with van der Waals surface area (Å²) in [6, 6.07) is 8.22. The molecule has 0 radical (unpaired) electrons. The van der Waals surface area contributed by atoms with Crippen LogP contribution in [0.2, 0.25) is 0 Å². The highest BCUT2D eigenvalue weighted by molar-refractivity contribution is 5.74. The van der Waals surface area contributed by atoms with Crippen LogP contribution in [0.15, 0.2) is 24.3 Å². The van der Waals surface area contributed by atoms with Gasteiger partial charge in [0, 0.05) is 6.54 Å². The van der Waals surface area contributed by atoms with E-state index in [1.807, 2.05) is 6.07 Å². The van der Waals surface area contributed by atoms with Gasteiger partial charge >= 0.3 is 6.03 Å². The molecule has 114 valence electrons. The van der Waals surface area contributed by atoms with Gasteiger partial charge in [-0.1, -0.05) is 31.2 Å². The van der Waals surface area contributed by atoms with Gasteiger partial charge in [-0.05, 0) is 49.1 Å². The number of carbonyl (C=O) groups excluding carboxylic acids is 1. The first-order valence-corrected chi connectivity index (χ1v) is 7.92. The Morgan fingerprint density at radius 1 is 1.38 bits per heavy atom. The summed E-state index contributed by atoms with van der Waals surface area (Å²) < 4.78 is 0. The summed E-state index contributed by atoms with van der Waals surface area (Å²) in [6.07, 6.45) is 4.79. The van der Waals surface area contributed by atoms with E-state index in [2.05, 4.69) is 35.8 Å². The molecular weight excluding hydrogens is 264 g/mol. The van der Waals surface area contributed by atoms with Gasteiger partial charge in [-0.3, -0.25) is 0 Å². The Kier molecular flexibility index (Phi) is 3.89. The third-order valence-electron chi connectivity index (χ3n) is 4.98. The lowest BCUT2D eigenvalue weighted by atomic mass is 9.80. The van der Waals surface area contributed by atoms with Crippen molar-refractivity contribution in [1.82, 2.24) is 10.6 Å². The SMILES string of the molecule is CC1CCc2ccccc2C1NC(=O)NCC1(O)CCC1. The summed E-state index contributed by atoms with van der Waals surface area (Å²) in [6.45, 7) is 2.53. The molecule has 0 aliphatic heterocycles. The fourth-order valence-corrected chi connectivity index (χ4v) is 3.34. The topological polar surface area (TPSA) is 61.4 Å². The maximum Gasteiger partial charge on any atom is 0.315 e. The van der Waals surface area contributed by atoms with Gasteiger partial charge in [0.1, 0.15) is 0 Å². The van der Waals surface area contributed by atoms with Crippen molar-refractivity contribution in [2.24, 2.45) is 5.92 Å². The van der Waals surface area contributed by atoms with Crippen molar-refractivity contribution in [2.75, 3.05) is 6.54 Å². The summed E-state index contributed by atoms with van der Waals surface area (Å²) >= 11 is 0. The van der Waals surface area contributed by atoms with Gasteiger partial charge in [-0.2, -0.15) is 0 Å². The Hall–Kier alpha value is -1.55. The summed E-state index contributed by atoms with van der Waals surface area (Å²) in [5, 5.41) is 15.9. The van der Waals surface area contributed by atoms with E-state index in [0.29, 0.717) is 12.5 Å². The van der Waals surface area contributed by atoms with Crippen LogP contribution in [0, 0.1) is 5.92 Å². The van der Waals surface area contributed by atoms with Gasteiger partial charge in [0.15, 0.2) is 0 Å². The lowest BCUT2D eigenvalue weighted by Gasteiger charge is -2.37. The lowest BCUT2D eigenvalue weighted by Crippen LogP contribution is -2.51. The molecule has 2 unspecified atom stereocenters. The molecule has 0 heterocycles. The standard InChI is InChI=1S/C17H24N2O2/c1-12-7-8-13-5-2-3-6-14(13)15(12)19-16(20)18-11-17(21)9-4-10-17/h2-3,5-6,12,15,21H,4,7-11H2,1H3,(H2,18,19,20). The Labute approximate surface area is 125 Å². The molecule has 1 fully saturated rings. The van der Waals surface area contributed by atoms with Gasteiger partial charge in [0.05, 0.1) is 11.6 Å². The van der Waals surface area contributed by atoms with Crippen molar-refractivity contribution >= 4 is 6.03 Å². The highest BCUT2D eigenvalue weighted by Crippen LogP contribution is 2.34. The summed E-state index contributed by atoms with van der Waals surface area (Å²) in [5.74, 6) is 0.428. The molecule has 4 heteroatoms. The average molecular weight is 288 g/mol. The lowest BCUT2D eigenvalue weighted by molar-refractivity contribution is -0.0290. The molecular formula is C17H24N2O2. The van der Waals surface area contributed by atoms with Crippen LogP contribution in [-0.2, 0) is 6.42 Å². The van der Waals surface area contributed by atoms with Crippen molar-refractivity contribution in [1.29, 1.82) is 0 Å². The molecule has 1 aromatic carbocycles. The van der Waals surface area contributed by atoms with Crippen LogP contribution in [0.4, 0.5) is 4.79 Å². The van der Waals surface area contributed by atoms with Gasteiger partial charge in [0.2, 0.25) is 0 Å². The summed E-state index contributed by atoms with van der Waals surface area (Å²) in [5.41, 5.74) is 1.89. The van der Waals surface area contributed by atoms with Gasteiger partial charge in [-0.25, -0.2) is 4.79 Å². The molecule has 1 aromatic rings. The Bertz CT molecular complexity index is 525. The minimum absolute atomic E-state index is 0.0611.